The molecule has 3 N–H and O–H groups in total. The third-order valence-electron chi connectivity index (χ3n) is 2.18. The largest absolute Gasteiger partial charge is 0.508 e. The Morgan fingerprint density at radius 2 is 1.76 bits per heavy atom. The van der Waals surface area contributed by atoms with Gasteiger partial charge < -0.3 is 10.2 Å². The summed E-state index contributed by atoms with van der Waals surface area (Å²) in [4.78, 5) is 0. The molecule has 0 heterocycles. The molecule has 2 aromatic carbocycles. The molecule has 0 aliphatic carbocycles. The van der Waals surface area contributed by atoms with Gasteiger partial charge in [0.2, 0.25) is 0 Å². The van der Waals surface area contributed by atoms with E-state index in [1.165, 1.54) is 24.4 Å². The second-order valence-electron chi connectivity index (χ2n) is 3.48. The molecule has 0 bridgehead atoms. The Hall–Kier alpha value is -2.49. The van der Waals surface area contributed by atoms with Crippen LogP contribution in [0.15, 0.2) is 53.6 Å². The van der Waals surface area contributed by atoms with Crippen LogP contribution in [0.4, 0.5) is 5.69 Å². The van der Waals surface area contributed by atoms with Crippen LogP contribution < -0.4 is 5.43 Å². The second kappa shape index (κ2) is 5.03. The van der Waals surface area contributed by atoms with Gasteiger partial charge in [-0.05, 0) is 30.3 Å². The molecule has 4 heteroatoms. The van der Waals surface area contributed by atoms with Crippen molar-refractivity contribution in [2.75, 3.05) is 5.43 Å². The van der Waals surface area contributed by atoms with Gasteiger partial charge in [-0.2, -0.15) is 5.10 Å². The van der Waals surface area contributed by atoms with Crippen molar-refractivity contribution in [1.29, 1.82) is 0 Å². The SMILES string of the molecule is Oc1ccc(O)c(/C=N/Nc2ccccc2)c1. The predicted molar refractivity (Wildman–Crippen MR) is 67.4 cm³/mol. The van der Waals surface area contributed by atoms with Crippen molar-refractivity contribution < 1.29 is 10.2 Å². The first-order chi connectivity index (χ1) is 8.25. The molecule has 0 amide bonds. The van der Waals surface area contributed by atoms with Crippen LogP contribution >= 0.6 is 0 Å². The molecule has 0 saturated carbocycles. The molecule has 0 aliphatic rings. The van der Waals surface area contributed by atoms with Crippen LogP contribution in [0.1, 0.15) is 5.56 Å². The molecule has 0 spiro atoms. The summed E-state index contributed by atoms with van der Waals surface area (Å²) in [6.07, 6.45) is 1.45. The zero-order valence-corrected chi connectivity index (χ0v) is 9.04. The van der Waals surface area contributed by atoms with E-state index >= 15 is 0 Å². The third kappa shape index (κ3) is 2.98. The molecule has 86 valence electrons. The van der Waals surface area contributed by atoms with Gasteiger partial charge in [0.05, 0.1) is 11.9 Å². The summed E-state index contributed by atoms with van der Waals surface area (Å²) in [5, 5.41) is 22.7. The number of benzene rings is 2. The molecule has 2 aromatic rings. The summed E-state index contributed by atoms with van der Waals surface area (Å²) < 4.78 is 0. The van der Waals surface area contributed by atoms with Gasteiger partial charge in [-0.15, -0.1) is 0 Å². The number of nitrogens with zero attached hydrogens (tertiary/aromatic N) is 1. The lowest BCUT2D eigenvalue weighted by atomic mass is 10.2. The first-order valence-electron chi connectivity index (χ1n) is 5.12. The molecule has 2 rings (SSSR count). The summed E-state index contributed by atoms with van der Waals surface area (Å²) in [7, 11) is 0. The minimum atomic E-state index is 0.0708. The van der Waals surface area contributed by atoms with Gasteiger partial charge in [0, 0.05) is 5.56 Å². The van der Waals surface area contributed by atoms with Crippen LogP contribution in [0.25, 0.3) is 0 Å². The van der Waals surface area contributed by atoms with Gasteiger partial charge in [-0.25, -0.2) is 0 Å². The average molecular weight is 228 g/mol. The van der Waals surface area contributed by atoms with Gasteiger partial charge >= 0.3 is 0 Å². The van der Waals surface area contributed by atoms with Crippen molar-refractivity contribution >= 4 is 11.9 Å². The number of nitrogens with one attached hydrogen (secondary N) is 1. The van der Waals surface area contributed by atoms with Gasteiger partial charge in [0.25, 0.3) is 0 Å². The molecule has 0 aliphatic heterocycles. The van der Waals surface area contributed by atoms with E-state index in [0.717, 1.165) is 5.69 Å². The molecule has 0 fully saturated rings. The highest BCUT2D eigenvalue weighted by Crippen LogP contribution is 2.20. The fraction of sp³-hybridized carbons (Fsp3) is 0. The highest BCUT2D eigenvalue weighted by molar-refractivity contribution is 5.84. The van der Waals surface area contributed by atoms with E-state index in [1.54, 1.807) is 0 Å². The number of anilines is 1. The number of hydrazone groups is 1. The van der Waals surface area contributed by atoms with Crippen molar-refractivity contribution in [3.8, 4) is 11.5 Å². The molecule has 17 heavy (non-hydrogen) atoms. The number of phenolic OH excluding ortho intramolecular Hbond substituents is 2. The molecule has 4 nitrogen and oxygen atoms in total. The summed E-state index contributed by atoms with van der Waals surface area (Å²) >= 11 is 0. The van der Waals surface area contributed by atoms with Gasteiger partial charge in [0.1, 0.15) is 11.5 Å². The van der Waals surface area contributed by atoms with Crippen molar-refractivity contribution in [2.45, 2.75) is 0 Å². The second-order valence-corrected chi connectivity index (χ2v) is 3.48. The van der Waals surface area contributed by atoms with Crippen molar-refractivity contribution in [3.63, 3.8) is 0 Å². The normalized spacial score (nSPS) is 10.6. The molecule has 0 unspecified atom stereocenters. The van der Waals surface area contributed by atoms with E-state index in [9.17, 15) is 10.2 Å². The smallest absolute Gasteiger partial charge is 0.124 e. The highest BCUT2D eigenvalue weighted by atomic mass is 16.3. The van der Waals surface area contributed by atoms with E-state index in [-0.39, 0.29) is 11.5 Å². The number of phenols is 2. The monoisotopic (exact) mass is 228 g/mol. The lowest BCUT2D eigenvalue weighted by molar-refractivity contribution is 0.459. The highest BCUT2D eigenvalue weighted by Gasteiger charge is 1.98. The summed E-state index contributed by atoms with van der Waals surface area (Å²) in [6, 6.07) is 13.7. The van der Waals surface area contributed by atoms with E-state index < -0.39 is 0 Å². The molecule has 0 aromatic heterocycles. The zero-order chi connectivity index (χ0) is 12.1. The molecule has 0 saturated heterocycles. The van der Waals surface area contributed by atoms with Crippen LogP contribution in [-0.4, -0.2) is 16.4 Å². The van der Waals surface area contributed by atoms with Gasteiger partial charge in [-0.1, -0.05) is 18.2 Å². The number of rotatable bonds is 3. The molecular weight excluding hydrogens is 216 g/mol. The lowest BCUT2D eigenvalue weighted by Crippen LogP contribution is -1.90. The zero-order valence-electron chi connectivity index (χ0n) is 9.04. The van der Waals surface area contributed by atoms with Crippen molar-refractivity contribution in [2.24, 2.45) is 5.10 Å². The standard InChI is InChI=1S/C13H12N2O2/c16-12-6-7-13(17)10(8-12)9-14-15-11-4-2-1-3-5-11/h1-9,15-17H/b14-9+. The van der Waals surface area contributed by atoms with Crippen LogP contribution in [0.2, 0.25) is 0 Å². The quantitative estimate of drug-likeness (QED) is 0.429. The predicted octanol–water partition coefficient (Wildman–Crippen LogP) is 2.54. The first-order valence-corrected chi connectivity index (χ1v) is 5.12. The number of para-hydroxylation sites is 1. The minimum Gasteiger partial charge on any atom is -0.508 e. The van der Waals surface area contributed by atoms with Crippen molar-refractivity contribution in [1.82, 2.24) is 0 Å². The average Bonchev–Trinajstić information content (AvgIpc) is 2.35. The number of aromatic hydroxyl groups is 2. The maximum absolute atomic E-state index is 9.50. The van der Waals surface area contributed by atoms with Crippen LogP contribution in [0, 0.1) is 0 Å². The topological polar surface area (TPSA) is 64.8 Å². The maximum Gasteiger partial charge on any atom is 0.124 e. The van der Waals surface area contributed by atoms with E-state index in [0.29, 0.717) is 5.56 Å². The van der Waals surface area contributed by atoms with E-state index in [1.807, 2.05) is 30.3 Å². The first kappa shape index (κ1) is 11.0. The Labute approximate surface area is 98.9 Å². The van der Waals surface area contributed by atoms with Gasteiger partial charge in [0.15, 0.2) is 0 Å². The Kier molecular flexibility index (Phi) is 3.25. The van der Waals surface area contributed by atoms with Crippen LogP contribution in [-0.2, 0) is 0 Å². The molecule has 0 radical (unpaired) electrons. The van der Waals surface area contributed by atoms with Crippen LogP contribution in [0.5, 0.6) is 11.5 Å². The molecule has 0 atom stereocenters. The number of hydrogen-bond acceptors (Lipinski definition) is 4. The maximum atomic E-state index is 9.50. The minimum absolute atomic E-state index is 0.0708. The Morgan fingerprint density at radius 3 is 2.53 bits per heavy atom. The summed E-state index contributed by atoms with van der Waals surface area (Å²) in [6.45, 7) is 0. The van der Waals surface area contributed by atoms with Crippen molar-refractivity contribution in [3.05, 3.63) is 54.1 Å². The Morgan fingerprint density at radius 1 is 1.00 bits per heavy atom. The van der Waals surface area contributed by atoms with Gasteiger partial charge in [-0.3, -0.25) is 5.43 Å². The lowest BCUT2D eigenvalue weighted by Gasteiger charge is -2.00. The van der Waals surface area contributed by atoms with Crippen LogP contribution in [0.3, 0.4) is 0 Å². The summed E-state index contributed by atoms with van der Waals surface area (Å²) in [5.74, 6) is 0.158. The Bertz CT molecular complexity index is 524. The molecular formula is C13H12N2O2. The third-order valence-corrected chi connectivity index (χ3v) is 2.18. The Balaban J connectivity index is 2.08. The fourth-order valence-corrected chi connectivity index (χ4v) is 1.33. The number of hydrogen-bond donors (Lipinski definition) is 3. The van der Waals surface area contributed by atoms with E-state index in [2.05, 4.69) is 10.5 Å². The fourth-order valence-electron chi connectivity index (χ4n) is 1.33. The van der Waals surface area contributed by atoms with E-state index in [4.69, 9.17) is 0 Å². The summed E-state index contributed by atoms with van der Waals surface area (Å²) in [5.41, 5.74) is 4.12.